The molecule has 0 saturated carbocycles. The quantitative estimate of drug-likeness (QED) is 0.591. The molecule has 1 aromatic rings. The van der Waals surface area contributed by atoms with E-state index in [1.54, 1.807) is 5.69 Å². The van der Waals surface area contributed by atoms with E-state index in [4.69, 9.17) is 0 Å². The Hall–Kier alpha value is -0.720. The first kappa shape index (κ1) is 9.82. The van der Waals surface area contributed by atoms with Crippen LogP contribution in [0.2, 0.25) is 0 Å². The number of rotatable bonds is 0. The van der Waals surface area contributed by atoms with Crippen molar-refractivity contribution in [2.45, 2.75) is 58.4 Å². The van der Waals surface area contributed by atoms with Gasteiger partial charge in [-0.1, -0.05) is 27.2 Å². The Morgan fingerprint density at radius 1 is 1.14 bits per heavy atom. The molecule has 1 aliphatic heterocycles. The second kappa shape index (κ2) is 3.45. The Bertz CT molecular complexity index is 291. The fraction of sp³-hybridized carbons (Fsp3) is 0.692. The summed E-state index contributed by atoms with van der Waals surface area (Å²) in [5, 5.41) is 0. The van der Waals surface area contributed by atoms with Crippen molar-refractivity contribution in [1.82, 2.24) is 4.57 Å². The minimum Gasteiger partial charge on any atom is -0.351 e. The van der Waals surface area contributed by atoms with Crippen LogP contribution in [-0.2, 0) is 18.4 Å². The Kier molecular flexibility index (Phi) is 2.42. The molecule has 0 N–H and O–H groups in total. The summed E-state index contributed by atoms with van der Waals surface area (Å²) >= 11 is 0. The molecule has 0 amide bonds. The highest BCUT2D eigenvalue weighted by atomic mass is 15.0. The Balaban J connectivity index is 2.31. The van der Waals surface area contributed by atoms with Crippen LogP contribution in [0.4, 0.5) is 0 Å². The van der Waals surface area contributed by atoms with Crippen molar-refractivity contribution in [3.8, 4) is 0 Å². The van der Waals surface area contributed by atoms with E-state index in [-0.39, 0.29) is 0 Å². The number of aromatic nitrogens is 1. The monoisotopic (exact) mass is 191 g/mol. The Labute approximate surface area is 87.1 Å². The molecule has 1 aliphatic rings. The third-order valence-electron chi connectivity index (χ3n) is 3.18. The molecular weight excluding hydrogens is 170 g/mol. The molecule has 14 heavy (non-hydrogen) atoms. The highest BCUT2D eigenvalue weighted by molar-refractivity contribution is 5.26. The maximum Gasteiger partial charge on any atom is 0.0222 e. The predicted octanol–water partition coefficient (Wildman–Crippen LogP) is 3.51. The van der Waals surface area contributed by atoms with Crippen LogP contribution in [-0.4, -0.2) is 4.57 Å². The van der Waals surface area contributed by atoms with Gasteiger partial charge in [0.05, 0.1) is 0 Å². The van der Waals surface area contributed by atoms with Crippen LogP contribution in [0.5, 0.6) is 0 Å². The minimum absolute atomic E-state index is 0.305. The molecule has 78 valence electrons. The van der Waals surface area contributed by atoms with Crippen molar-refractivity contribution in [3.63, 3.8) is 0 Å². The van der Waals surface area contributed by atoms with Gasteiger partial charge in [0, 0.05) is 18.4 Å². The molecule has 2 rings (SSSR count). The van der Waals surface area contributed by atoms with Crippen LogP contribution in [0, 0.1) is 0 Å². The predicted molar refractivity (Wildman–Crippen MR) is 60.7 cm³/mol. The zero-order chi connectivity index (χ0) is 10.2. The average Bonchev–Trinajstić information content (AvgIpc) is 2.38. The van der Waals surface area contributed by atoms with Crippen molar-refractivity contribution in [2.75, 3.05) is 0 Å². The largest absolute Gasteiger partial charge is 0.351 e. The maximum absolute atomic E-state index is 2.47. The summed E-state index contributed by atoms with van der Waals surface area (Å²) in [5.74, 6) is 0. The lowest BCUT2D eigenvalue weighted by Gasteiger charge is -2.16. The molecule has 1 aromatic heterocycles. The molecule has 0 fully saturated rings. The molecular formula is C13H21N. The highest BCUT2D eigenvalue weighted by Crippen LogP contribution is 2.26. The van der Waals surface area contributed by atoms with E-state index in [2.05, 4.69) is 37.6 Å². The molecule has 0 bridgehead atoms. The van der Waals surface area contributed by atoms with Gasteiger partial charge < -0.3 is 4.57 Å². The van der Waals surface area contributed by atoms with Crippen LogP contribution >= 0.6 is 0 Å². The second-order valence-electron chi connectivity index (χ2n) is 5.47. The summed E-state index contributed by atoms with van der Waals surface area (Å²) < 4.78 is 2.47. The summed E-state index contributed by atoms with van der Waals surface area (Å²) in [5.41, 5.74) is 3.35. The molecule has 1 heteroatoms. The Morgan fingerprint density at radius 3 is 2.64 bits per heavy atom. The number of nitrogens with zero attached hydrogens (tertiary/aromatic N) is 1. The molecule has 0 saturated heterocycles. The average molecular weight is 191 g/mol. The lowest BCUT2D eigenvalue weighted by atomic mass is 9.89. The van der Waals surface area contributed by atoms with E-state index in [1.165, 1.54) is 37.8 Å². The first-order valence-electron chi connectivity index (χ1n) is 5.77. The van der Waals surface area contributed by atoms with Gasteiger partial charge >= 0.3 is 0 Å². The van der Waals surface area contributed by atoms with E-state index in [0.29, 0.717) is 5.41 Å². The molecule has 0 spiro atoms. The Morgan fingerprint density at radius 2 is 1.93 bits per heavy atom. The summed E-state index contributed by atoms with van der Waals surface area (Å²) in [7, 11) is 0. The van der Waals surface area contributed by atoms with Crippen LogP contribution in [0.1, 0.15) is 51.3 Å². The number of fused-ring (bicyclic) bond motifs is 1. The molecule has 0 atom stereocenters. The topological polar surface area (TPSA) is 4.93 Å². The standard InChI is InChI=1S/C13H21N/c1-13(2,3)11-9-12-7-5-4-6-8-14(12)10-11/h9-10H,4-8H2,1-3H3. The normalized spacial score (nSPS) is 17.6. The third-order valence-corrected chi connectivity index (χ3v) is 3.18. The summed E-state index contributed by atoms with van der Waals surface area (Å²) in [6, 6.07) is 2.41. The van der Waals surface area contributed by atoms with Gasteiger partial charge in [-0.2, -0.15) is 0 Å². The van der Waals surface area contributed by atoms with Crippen LogP contribution in [0.3, 0.4) is 0 Å². The molecule has 2 heterocycles. The van der Waals surface area contributed by atoms with Gasteiger partial charge in [-0.15, -0.1) is 0 Å². The van der Waals surface area contributed by atoms with Gasteiger partial charge in [0.2, 0.25) is 0 Å². The van der Waals surface area contributed by atoms with E-state index < -0.39 is 0 Å². The van der Waals surface area contributed by atoms with Crippen LogP contribution in [0.25, 0.3) is 0 Å². The number of aryl methyl sites for hydroxylation is 2. The zero-order valence-corrected chi connectivity index (χ0v) is 9.64. The second-order valence-corrected chi connectivity index (χ2v) is 5.47. The first-order valence-corrected chi connectivity index (χ1v) is 5.77. The highest BCUT2D eigenvalue weighted by Gasteiger charge is 2.18. The first-order chi connectivity index (χ1) is 6.57. The fourth-order valence-corrected chi connectivity index (χ4v) is 2.15. The third kappa shape index (κ3) is 1.87. The van der Waals surface area contributed by atoms with Gasteiger partial charge in [0.1, 0.15) is 0 Å². The number of hydrogen-bond donors (Lipinski definition) is 0. The van der Waals surface area contributed by atoms with Gasteiger partial charge in [0.15, 0.2) is 0 Å². The van der Waals surface area contributed by atoms with Crippen molar-refractivity contribution in [3.05, 3.63) is 23.5 Å². The molecule has 0 unspecified atom stereocenters. The molecule has 0 radical (unpaired) electrons. The van der Waals surface area contributed by atoms with Gasteiger partial charge in [0.25, 0.3) is 0 Å². The number of hydrogen-bond acceptors (Lipinski definition) is 0. The van der Waals surface area contributed by atoms with Crippen molar-refractivity contribution < 1.29 is 0 Å². The van der Waals surface area contributed by atoms with Gasteiger partial charge in [-0.3, -0.25) is 0 Å². The van der Waals surface area contributed by atoms with E-state index >= 15 is 0 Å². The van der Waals surface area contributed by atoms with E-state index in [1.807, 2.05) is 0 Å². The van der Waals surface area contributed by atoms with Crippen molar-refractivity contribution in [1.29, 1.82) is 0 Å². The van der Waals surface area contributed by atoms with Crippen molar-refractivity contribution in [2.24, 2.45) is 0 Å². The zero-order valence-electron chi connectivity index (χ0n) is 9.64. The lowest BCUT2D eigenvalue weighted by molar-refractivity contribution is 0.580. The van der Waals surface area contributed by atoms with Gasteiger partial charge in [-0.25, -0.2) is 0 Å². The summed E-state index contributed by atoms with van der Waals surface area (Å²) in [6.45, 7) is 8.11. The smallest absolute Gasteiger partial charge is 0.0222 e. The molecule has 1 nitrogen and oxygen atoms in total. The van der Waals surface area contributed by atoms with Gasteiger partial charge in [-0.05, 0) is 36.3 Å². The fourth-order valence-electron chi connectivity index (χ4n) is 2.15. The van der Waals surface area contributed by atoms with Crippen molar-refractivity contribution >= 4 is 0 Å². The lowest BCUT2D eigenvalue weighted by Crippen LogP contribution is -2.09. The summed E-state index contributed by atoms with van der Waals surface area (Å²) in [4.78, 5) is 0. The van der Waals surface area contributed by atoms with E-state index in [9.17, 15) is 0 Å². The SMILES string of the molecule is CC(C)(C)c1cc2n(c1)CCCCC2. The molecule has 0 aromatic carbocycles. The van der Waals surface area contributed by atoms with E-state index in [0.717, 1.165) is 0 Å². The van der Waals surface area contributed by atoms with Crippen LogP contribution < -0.4 is 0 Å². The maximum atomic E-state index is 2.47. The minimum atomic E-state index is 0.305. The van der Waals surface area contributed by atoms with Crippen LogP contribution in [0.15, 0.2) is 12.3 Å². The molecule has 0 aliphatic carbocycles. The summed E-state index contributed by atoms with van der Waals surface area (Å²) in [6.07, 6.45) is 7.75.